The largest absolute Gasteiger partial charge is 0.389 e. The van der Waals surface area contributed by atoms with E-state index in [0.717, 1.165) is 28.1 Å². The van der Waals surface area contributed by atoms with Crippen molar-refractivity contribution in [2.75, 3.05) is 11.9 Å². The summed E-state index contributed by atoms with van der Waals surface area (Å²) in [5.74, 6) is 0.936. The monoisotopic (exact) mass is 352 g/mol. The van der Waals surface area contributed by atoms with Gasteiger partial charge in [-0.2, -0.15) is 5.10 Å². The minimum Gasteiger partial charge on any atom is -0.389 e. The summed E-state index contributed by atoms with van der Waals surface area (Å²) >= 11 is 8.72. The molecule has 0 aliphatic rings. The minimum absolute atomic E-state index is 0.379. The van der Waals surface area contributed by atoms with E-state index in [2.05, 4.69) is 32.0 Å². The highest BCUT2D eigenvalue weighted by Crippen LogP contribution is 2.25. The number of aryl methyl sites for hydroxylation is 2. The number of hydrogen-bond acceptors (Lipinski definition) is 3. The molecule has 1 heterocycles. The predicted octanol–water partition coefficient (Wildman–Crippen LogP) is 2.76. The second-order valence-corrected chi connectivity index (χ2v) is 6.01. The van der Waals surface area contributed by atoms with Crippen LogP contribution in [0.5, 0.6) is 0 Å². The van der Waals surface area contributed by atoms with Gasteiger partial charge in [0.25, 0.3) is 0 Å². The van der Waals surface area contributed by atoms with Crippen molar-refractivity contribution in [3.05, 3.63) is 45.6 Å². The van der Waals surface area contributed by atoms with Gasteiger partial charge in [-0.15, -0.1) is 0 Å². The van der Waals surface area contributed by atoms with Gasteiger partial charge in [-0.1, -0.05) is 46.3 Å². The molecule has 6 heteroatoms. The van der Waals surface area contributed by atoms with Gasteiger partial charge in [0.1, 0.15) is 10.8 Å². The molecule has 0 spiro atoms. The third kappa shape index (κ3) is 2.86. The zero-order chi connectivity index (χ0) is 14.9. The molecule has 2 N–H and O–H groups in total. The zero-order valence-electron chi connectivity index (χ0n) is 11.7. The number of nitrogens with two attached hydrogens (primary N) is 1. The van der Waals surface area contributed by atoms with E-state index < -0.39 is 0 Å². The number of rotatable bonds is 4. The minimum atomic E-state index is 0.379. The van der Waals surface area contributed by atoms with Crippen LogP contribution in [0.15, 0.2) is 28.7 Å². The Hall–Kier alpha value is -1.40. The molecular weight excluding hydrogens is 336 g/mol. The highest BCUT2D eigenvalue weighted by molar-refractivity contribution is 9.10. The van der Waals surface area contributed by atoms with Crippen LogP contribution in [0.4, 0.5) is 5.82 Å². The summed E-state index contributed by atoms with van der Waals surface area (Å²) in [5, 5.41) is 4.41. The van der Waals surface area contributed by atoms with Crippen LogP contribution < -0.4 is 10.6 Å². The Kier molecular flexibility index (Phi) is 4.45. The number of benzene rings is 1. The van der Waals surface area contributed by atoms with E-state index in [-0.39, 0.29) is 0 Å². The van der Waals surface area contributed by atoms with Crippen molar-refractivity contribution in [3.8, 4) is 0 Å². The van der Waals surface area contributed by atoms with Gasteiger partial charge in [0.05, 0.1) is 11.3 Å². The first-order chi connectivity index (χ1) is 9.41. The Morgan fingerprint density at radius 2 is 2.10 bits per heavy atom. The summed E-state index contributed by atoms with van der Waals surface area (Å²) < 4.78 is 2.91. The van der Waals surface area contributed by atoms with Gasteiger partial charge in [0, 0.05) is 25.1 Å². The number of nitrogens with zero attached hydrogens (tertiary/aromatic N) is 3. The van der Waals surface area contributed by atoms with Gasteiger partial charge in [0.15, 0.2) is 0 Å². The summed E-state index contributed by atoms with van der Waals surface area (Å²) in [6.45, 7) is 2.67. The molecule has 0 bridgehead atoms. The first kappa shape index (κ1) is 15.0. The molecule has 0 aliphatic carbocycles. The van der Waals surface area contributed by atoms with Crippen LogP contribution in [0, 0.1) is 6.92 Å². The number of hydrogen-bond donors (Lipinski definition) is 1. The summed E-state index contributed by atoms with van der Waals surface area (Å²) in [5.41, 5.74) is 8.73. The molecule has 0 saturated carbocycles. The van der Waals surface area contributed by atoms with Crippen LogP contribution in [0.25, 0.3) is 0 Å². The van der Waals surface area contributed by atoms with Gasteiger partial charge in [-0.25, -0.2) is 0 Å². The van der Waals surface area contributed by atoms with Crippen molar-refractivity contribution < 1.29 is 0 Å². The lowest BCUT2D eigenvalue weighted by Crippen LogP contribution is -2.23. The van der Waals surface area contributed by atoms with Crippen LogP contribution in [0.1, 0.15) is 16.8 Å². The molecule has 0 radical (unpaired) electrons. The average molecular weight is 353 g/mol. The fourth-order valence-electron chi connectivity index (χ4n) is 2.33. The van der Waals surface area contributed by atoms with Crippen LogP contribution in [-0.2, 0) is 13.6 Å². The molecule has 0 saturated heterocycles. The fourth-order valence-corrected chi connectivity index (χ4v) is 2.98. The van der Waals surface area contributed by atoms with Crippen molar-refractivity contribution in [1.29, 1.82) is 0 Å². The van der Waals surface area contributed by atoms with Crippen LogP contribution in [0.2, 0.25) is 0 Å². The molecule has 0 unspecified atom stereocenters. The second-order valence-electron chi connectivity index (χ2n) is 4.72. The lowest BCUT2D eigenvalue weighted by molar-refractivity contribution is 0.726. The third-order valence-corrected chi connectivity index (χ3v) is 4.14. The third-order valence-electron chi connectivity index (χ3n) is 3.17. The van der Waals surface area contributed by atoms with E-state index in [4.69, 9.17) is 18.0 Å². The summed E-state index contributed by atoms with van der Waals surface area (Å²) in [6.07, 6.45) is 0. The Balaban J connectivity index is 2.37. The maximum atomic E-state index is 5.83. The molecule has 2 aromatic rings. The van der Waals surface area contributed by atoms with E-state index in [1.54, 1.807) is 0 Å². The molecule has 0 fully saturated rings. The topological polar surface area (TPSA) is 47.1 Å². The van der Waals surface area contributed by atoms with Crippen molar-refractivity contribution in [1.82, 2.24) is 9.78 Å². The Morgan fingerprint density at radius 1 is 1.45 bits per heavy atom. The van der Waals surface area contributed by atoms with Crippen molar-refractivity contribution in [3.63, 3.8) is 0 Å². The predicted molar refractivity (Wildman–Crippen MR) is 90.1 cm³/mol. The maximum absolute atomic E-state index is 5.83. The smallest absolute Gasteiger partial charge is 0.137 e. The summed E-state index contributed by atoms with van der Waals surface area (Å²) in [7, 11) is 3.91. The lowest BCUT2D eigenvalue weighted by atomic mass is 10.2. The van der Waals surface area contributed by atoms with Crippen molar-refractivity contribution >= 4 is 39.0 Å². The molecule has 0 amide bonds. The van der Waals surface area contributed by atoms with E-state index >= 15 is 0 Å². The molecule has 106 valence electrons. The number of thiocarbonyl (C=S) groups is 1. The van der Waals surface area contributed by atoms with E-state index in [0.29, 0.717) is 4.99 Å². The first-order valence-corrected chi connectivity index (χ1v) is 7.40. The summed E-state index contributed by atoms with van der Waals surface area (Å²) in [6, 6.07) is 8.15. The number of halogens is 1. The quantitative estimate of drug-likeness (QED) is 0.859. The lowest BCUT2D eigenvalue weighted by Gasteiger charge is -2.21. The van der Waals surface area contributed by atoms with Crippen LogP contribution >= 0.6 is 28.1 Å². The first-order valence-electron chi connectivity index (χ1n) is 6.19. The highest BCUT2D eigenvalue weighted by Gasteiger charge is 2.19. The maximum Gasteiger partial charge on any atom is 0.137 e. The molecule has 4 nitrogen and oxygen atoms in total. The van der Waals surface area contributed by atoms with Gasteiger partial charge in [-0.3, -0.25) is 4.68 Å². The average Bonchev–Trinajstić information content (AvgIpc) is 2.67. The van der Waals surface area contributed by atoms with Crippen LogP contribution in [-0.4, -0.2) is 21.8 Å². The SMILES string of the molecule is Cc1nn(C)c(N(C)Cc2ccccc2Br)c1C(N)=S. The fraction of sp³-hybridized carbons (Fsp3) is 0.286. The second kappa shape index (κ2) is 5.93. The number of aromatic nitrogens is 2. The van der Waals surface area contributed by atoms with Gasteiger partial charge >= 0.3 is 0 Å². The zero-order valence-corrected chi connectivity index (χ0v) is 14.1. The molecule has 0 aliphatic heterocycles. The van der Waals surface area contributed by atoms with Gasteiger partial charge in [-0.05, 0) is 18.6 Å². The van der Waals surface area contributed by atoms with E-state index in [1.165, 1.54) is 5.56 Å². The van der Waals surface area contributed by atoms with E-state index in [9.17, 15) is 0 Å². The van der Waals surface area contributed by atoms with Crippen LogP contribution in [0.3, 0.4) is 0 Å². The molecular formula is C14H17BrN4S. The van der Waals surface area contributed by atoms with Gasteiger partial charge < -0.3 is 10.6 Å². The van der Waals surface area contributed by atoms with Crippen molar-refractivity contribution in [2.45, 2.75) is 13.5 Å². The highest BCUT2D eigenvalue weighted by atomic mass is 79.9. The summed E-state index contributed by atoms with van der Waals surface area (Å²) in [4.78, 5) is 2.48. The normalized spacial score (nSPS) is 10.6. The van der Waals surface area contributed by atoms with Gasteiger partial charge in [0.2, 0.25) is 0 Å². The molecule has 20 heavy (non-hydrogen) atoms. The number of anilines is 1. The molecule has 2 rings (SSSR count). The standard InChI is InChI=1S/C14H17BrN4S/c1-9-12(13(16)20)14(19(3)17-9)18(2)8-10-6-4-5-7-11(10)15/h4-7H,8H2,1-3H3,(H2,16,20). The Bertz CT molecular complexity index is 651. The Labute approximate surface area is 132 Å². The van der Waals surface area contributed by atoms with Crippen molar-refractivity contribution in [2.24, 2.45) is 12.8 Å². The Morgan fingerprint density at radius 3 is 2.70 bits per heavy atom. The molecule has 0 atom stereocenters. The molecule has 1 aromatic carbocycles. The van der Waals surface area contributed by atoms with E-state index in [1.807, 2.05) is 43.9 Å². The molecule has 1 aromatic heterocycles.